The summed E-state index contributed by atoms with van der Waals surface area (Å²) in [5, 5.41) is 16.8. The maximum absolute atomic E-state index is 8.54. The maximum Gasteiger partial charge on any atom is 0.141 e. The molecule has 0 aliphatic carbocycles. The number of nitrogens with zero attached hydrogens (tertiary/aromatic N) is 3. The van der Waals surface area contributed by atoms with Crippen LogP contribution < -0.4 is 0 Å². The van der Waals surface area contributed by atoms with E-state index in [0.29, 0.717) is 17.8 Å². The fraction of sp³-hybridized carbons (Fsp3) is 0.100. The standard InChI is InChI=1S/C10H7N3/c11-7-2-1-4-9-5-3-6-10(8-12)13-9/h1,3-6H,2H2. The summed E-state index contributed by atoms with van der Waals surface area (Å²) in [7, 11) is 0. The zero-order valence-electron chi connectivity index (χ0n) is 6.94. The summed E-state index contributed by atoms with van der Waals surface area (Å²) in [4.78, 5) is 4.01. The van der Waals surface area contributed by atoms with Gasteiger partial charge in [0.15, 0.2) is 0 Å². The molecule has 0 spiro atoms. The minimum Gasteiger partial charge on any atom is -0.238 e. The van der Waals surface area contributed by atoms with Crippen molar-refractivity contribution in [3.63, 3.8) is 0 Å². The minimum atomic E-state index is 0.360. The molecule has 62 valence electrons. The first-order valence-corrected chi connectivity index (χ1v) is 3.77. The highest BCUT2D eigenvalue weighted by molar-refractivity contribution is 5.45. The molecule has 0 unspecified atom stereocenters. The van der Waals surface area contributed by atoms with Crippen molar-refractivity contribution in [3.8, 4) is 12.1 Å². The molecule has 0 aliphatic heterocycles. The molecule has 0 N–H and O–H groups in total. The Morgan fingerprint density at radius 3 is 2.92 bits per heavy atom. The summed E-state index contributed by atoms with van der Waals surface area (Å²) in [5.41, 5.74) is 1.09. The molecule has 0 aliphatic rings. The number of allylic oxidation sites excluding steroid dienone is 1. The van der Waals surface area contributed by atoms with E-state index in [2.05, 4.69) is 4.98 Å². The predicted molar refractivity (Wildman–Crippen MR) is 48.2 cm³/mol. The Bertz CT molecular complexity index is 393. The van der Waals surface area contributed by atoms with Gasteiger partial charge in [-0.25, -0.2) is 4.98 Å². The molecule has 0 bridgehead atoms. The molecule has 0 amide bonds. The lowest BCUT2D eigenvalue weighted by Gasteiger charge is -1.91. The molecule has 0 saturated heterocycles. The van der Waals surface area contributed by atoms with Crippen LogP contribution in [0.3, 0.4) is 0 Å². The van der Waals surface area contributed by atoms with Crippen LogP contribution >= 0.6 is 0 Å². The summed E-state index contributed by atoms with van der Waals surface area (Å²) in [5.74, 6) is 0. The summed E-state index contributed by atoms with van der Waals surface area (Å²) < 4.78 is 0. The minimum absolute atomic E-state index is 0.360. The molecule has 0 atom stereocenters. The molecule has 13 heavy (non-hydrogen) atoms. The number of rotatable bonds is 2. The molecule has 0 saturated carbocycles. The van der Waals surface area contributed by atoms with Crippen LogP contribution in [0.4, 0.5) is 0 Å². The second kappa shape index (κ2) is 4.69. The van der Waals surface area contributed by atoms with Gasteiger partial charge in [0, 0.05) is 0 Å². The molecule has 3 heteroatoms. The van der Waals surface area contributed by atoms with Gasteiger partial charge in [-0.1, -0.05) is 12.1 Å². The van der Waals surface area contributed by atoms with Gasteiger partial charge in [0.1, 0.15) is 11.8 Å². The van der Waals surface area contributed by atoms with Crippen LogP contribution in [0, 0.1) is 22.7 Å². The Kier molecular flexibility index (Phi) is 3.23. The van der Waals surface area contributed by atoms with Gasteiger partial charge >= 0.3 is 0 Å². The van der Waals surface area contributed by atoms with Crippen LogP contribution in [0.25, 0.3) is 6.08 Å². The second-order valence-electron chi connectivity index (χ2n) is 2.32. The molecule has 1 aromatic rings. The fourth-order valence-corrected chi connectivity index (χ4v) is 0.839. The van der Waals surface area contributed by atoms with Crippen molar-refractivity contribution in [2.75, 3.05) is 0 Å². The summed E-state index contributed by atoms with van der Waals surface area (Å²) in [6, 6.07) is 9.12. The number of nitriles is 2. The Balaban J connectivity index is 2.80. The molecule has 1 aromatic heterocycles. The first kappa shape index (κ1) is 8.96. The van der Waals surface area contributed by atoms with E-state index in [-0.39, 0.29) is 0 Å². The smallest absolute Gasteiger partial charge is 0.141 e. The van der Waals surface area contributed by atoms with Gasteiger partial charge in [-0.2, -0.15) is 10.5 Å². The Morgan fingerprint density at radius 1 is 1.38 bits per heavy atom. The van der Waals surface area contributed by atoms with Crippen LogP contribution in [-0.4, -0.2) is 4.98 Å². The van der Waals surface area contributed by atoms with E-state index in [1.807, 2.05) is 12.1 Å². The van der Waals surface area contributed by atoms with Crippen molar-refractivity contribution in [1.29, 1.82) is 10.5 Å². The summed E-state index contributed by atoms with van der Waals surface area (Å²) >= 11 is 0. The number of hydrogen-bond acceptors (Lipinski definition) is 3. The third-order valence-corrected chi connectivity index (χ3v) is 1.38. The molecule has 1 heterocycles. The van der Waals surface area contributed by atoms with Crippen LogP contribution in [0.5, 0.6) is 0 Å². The van der Waals surface area contributed by atoms with Gasteiger partial charge in [0.25, 0.3) is 0 Å². The average molecular weight is 169 g/mol. The number of hydrogen-bond donors (Lipinski definition) is 0. The maximum atomic E-state index is 8.54. The highest BCUT2D eigenvalue weighted by Crippen LogP contribution is 2.00. The molecule has 0 radical (unpaired) electrons. The van der Waals surface area contributed by atoms with Gasteiger partial charge < -0.3 is 0 Å². The lowest BCUT2D eigenvalue weighted by atomic mass is 10.3. The van der Waals surface area contributed by atoms with Crippen LogP contribution in [-0.2, 0) is 0 Å². The van der Waals surface area contributed by atoms with Crippen molar-refractivity contribution >= 4 is 6.08 Å². The first-order chi connectivity index (χ1) is 6.36. The van der Waals surface area contributed by atoms with Crippen LogP contribution in [0.2, 0.25) is 0 Å². The Morgan fingerprint density at radius 2 is 2.23 bits per heavy atom. The van der Waals surface area contributed by atoms with Gasteiger partial charge in [-0.3, -0.25) is 0 Å². The van der Waals surface area contributed by atoms with E-state index in [9.17, 15) is 0 Å². The molecular formula is C10H7N3. The van der Waals surface area contributed by atoms with Crippen LogP contribution in [0.1, 0.15) is 17.8 Å². The Labute approximate surface area is 76.6 Å². The zero-order valence-corrected chi connectivity index (χ0v) is 6.94. The van der Waals surface area contributed by atoms with Crippen molar-refractivity contribution in [2.24, 2.45) is 0 Å². The first-order valence-electron chi connectivity index (χ1n) is 3.77. The van der Waals surface area contributed by atoms with E-state index in [0.717, 1.165) is 0 Å². The Hall–Kier alpha value is -2.13. The zero-order chi connectivity index (χ0) is 9.52. The largest absolute Gasteiger partial charge is 0.238 e. The fourth-order valence-electron chi connectivity index (χ4n) is 0.839. The number of pyridine rings is 1. The van der Waals surface area contributed by atoms with Gasteiger partial charge in [-0.05, 0) is 18.2 Å². The third-order valence-electron chi connectivity index (χ3n) is 1.38. The van der Waals surface area contributed by atoms with Crippen LogP contribution in [0.15, 0.2) is 24.3 Å². The highest BCUT2D eigenvalue weighted by atomic mass is 14.7. The van der Waals surface area contributed by atoms with E-state index < -0.39 is 0 Å². The van der Waals surface area contributed by atoms with E-state index in [1.165, 1.54) is 0 Å². The highest BCUT2D eigenvalue weighted by Gasteiger charge is 1.91. The SMILES string of the molecule is N#CCC=Cc1cccc(C#N)n1. The lowest BCUT2D eigenvalue weighted by molar-refractivity contribution is 1.23. The molecule has 3 nitrogen and oxygen atoms in total. The van der Waals surface area contributed by atoms with Gasteiger partial charge in [-0.15, -0.1) is 0 Å². The quantitative estimate of drug-likeness (QED) is 0.679. The predicted octanol–water partition coefficient (Wildman–Crippen LogP) is 1.88. The normalized spacial score (nSPS) is 9.38. The van der Waals surface area contributed by atoms with E-state index >= 15 is 0 Å². The summed E-state index contributed by atoms with van der Waals surface area (Å²) in [6.07, 6.45) is 3.80. The van der Waals surface area contributed by atoms with Crippen molar-refractivity contribution in [3.05, 3.63) is 35.7 Å². The molecule has 0 fully saturated rings. The lowest BCUT2D eigenvalue weighted by Crippen LogP contribution is -1.84. The van der Waals surface area contributed by atoms with E-state index in [1.54, 1.807) is 30.4 Å². The number of aromatic nitrogens is 1. The van der Waals surface area contributed by atoms with Crippen molar-refractivity contribution in [1.82, 2.24) is 4.98 Å². The molecular weight excluding hydrogens is 162 g/mol. The third kappa shape index (κ3) is 2.76. The molecule has 1 rings (SSSR count). The summed E-state index contributed by atoms with van der Waals surface area (Å²) in [6.45, 7) is 0. The monoisotopic (exact) mass is 169 g/mol. The van der Waals surface area contributed by atoms with Gasteiger partial charge in [0.05, 0.1) is 18.2 Å². The van der Waals surface area contributed by atoms with Crippen molar-refractivity contribution < 1.29 is 0 Å². The van der Waals surface area contributed by atoms with Crippen molar-refractivity contribution in [2.45, 2.75) is 6.42 Å². The van der Waals surface area contributed by atoms with Gasteiger partial charge in [0.2, 0.25) is 0 Å². The second-order valence-corrected chi connectivity index (χ2v) is 2.32. The van der Waals surface area contributed by atoms with E-state index in [4.69, 9.17) is 10.5 Å². The molecule has 0 aromatic carbocycles. The topological polar surface area (TPSA) is 60.5 Å². The average Bonchev–Trinajstić information content (AvgIpc) is 2.19.